The van der Waals surface area contributed by atoms with E-state index in [4.69, 9.17) is 4.74 Å². The Balaban J connectivity index is 1.72. The van der Waals surface area contributed by atoms with E-state index in [2.05, 4.69) is 10.2 Å². The fraction of sp³-hybridized carbons (Fsp3) is 0.941. The monoisotopic (exact) mass is 296 g/mol. The number of rotatable bonds is 7. The summed E-state index contributed by atoms with van der Waals surface area (Å²) in [6.45, 7) is 4.41. The van der Waals surface area contributed by atoms with Crippen molar-refractivity contribution in [3.8, 4) is 0 Å². The molecule has 1 N–H and O–H groups in total. The van der Waals surface area contributed by atoms with E-state index in [-0.39, 0.29) is 5.97 Å². The molecule has 4 heteroatoms. The van der Waals surface area contributed by atoms with Gasteiger partial charge in [0.15, 0.2) is 0 Å². The number of likely N-dealkylation sites (N-methyl/N-ethyl adjacent to an activating group) is 1. The van der Waals surface area contributed by atoms with Crippen molar-refractivity contribution in [2.24, 2.45) is 5.92 Å². The van der Waals surface area contributed by atoms with Crippen LogP contribution in [0.4, 0.5) is 0 Å². The van der Waals surface area contributed by atoms with Gasteiger partial charge in [-0.05, 0) is 77.9 Å². The molecular formula is C17H32N2O2. The summed E-state index contributed by atoms with van der Waals surface area (Å²) >= 11 is 0. The highest BCUT2D eigenvalue weighted by atomic mass is 16.5. The number of hydrogen-bond donors (Lipinski definition) is 1. The van der Waals surface area contributed by atoms with Gasteiger partial charge >= 0.3 is 5.97 Å². The second-order valence-electron chi connectivity index (χ2n) is 6.97. The number of hydrogen-bond acceptors (Lipinski definition) is 4. The fourth-order valence-electron chi connectivity index (χ4n) is 4.18. The molecule has 1 aliphatic heterocycles. The minimum Gasteiger partial charge on any atom is -0.468 e. The number of nitrogens with zero attached hydrogens (tertiary/aromatic N) is 1. The number of likely N-dealkylation sites (tertiary alicyclic amines) is 1. The van der Waals surface area contributed by atoms with Crippen molar-refractivity contribution < 1.29 is 9.53 Å². The van der Waals surface area contributed by atoms with Crippen LogP contribution in [0, 0.1) is 5.92 Å². The van der Waals surface area contributed by atoms with Gasteiger partial charge in [0, 0.05) is 6.04 Å². The second-order valence-corrected chi connectivity index (χ2v) is 6.97. The fourth-order valence-corrected chi connectivity index (χ4v) is 4.18. The first-order valence-corrected chi connectivity index (χ1v) is 8.62. The van der Waals surface area contributed by atoms with Crippen LogP contribution in [0.25, 0.3) is 0 Å². The van der Waals surface area contributed by atoms with Gasteiger partial charge in [0.25, 0.3) is 0 Å². The predicted molar refractivity (Wildman–Crippen MR) is 85.3 cm³/mol. The molecule has 1 saturated carbocycles. The summed E-state index contributed by atoms with van der Waals surface area (Å²) in [7, 11) is 3.30. The lowest BCUT2D eigenvalue weighted by molar-refractivity contribution is -0.148. The highest BCUT2D eigenvalue weighted by Crippen LogP contribution is 2.36. The van der Waals surface area contributed by atoms with Gasteiger partial charge in [0.05, 0.1) is 7.11 Å². The number of carbonyl (C=O) groups excluding carboxylic acids is 1. The molecule has 2 fully saturated rings. The normalized spacial score (nSPS) is 28.9. The first-order valence-electron chi connectivity index (χ1n) is 8.62. The van der Waals surface area contributed by atoms with Crippen molar-refractivity contribution in [2.45, 2.75) is 69.9 Å². The molecule has 1 heterocycles. The smallest absolute Gasteiger partial charge is 0.325 e. The number of piperidine rings is 1. The molecule has 3 atom stereocenters. The van der Waals surface area contributed by atoms with E-state index in [0.29, 0.717) is 0 Å². The van der Waals surface area contributed by atoms with E-state index >= 15 is 0 Å². The van der Waals surface area contributed by atoms with Gasteiger partial charge in [-0.15, -0.1) is 0 Å². The summed E-state index contributed by atoms with van der Waals surface area (Å²) in [6, 6.07) is 0.857. The maximum Gasteiger partial charge on any atom is 0.325 e. The lowest BCUT2D eigenvalue weighted by Crippen LogP contribution is -2.48. The van der Waals surface area contributed by atoms with Crippen LogP contribution in [0.1, 0.15) is 58.3 Å². The summed E-state index contributed by atoms with van der Waals surface area (Å²) in [5.41, 5.74) is -0.535. The molecule has 0 radical (unpaired) electrons. The minimum atomic E-state index is -0.535. The number of ether oxygens (including phenoxy) is 1. The molecule has 4 nitrogen and oxygen atoms in total. The number of fused-ring (bicyclic) bond motifs is 1. The average molecular weight is 296 g/mol. The van der Waals surface area contributed by atoms with Gasteiger partial charge in [-0.25, -0.2) is 0 Å². The highest BCUT2D eigenvalue weighted by Gasteiger charge is 2.35. The number of unbranched alkanes of at least 4 members (excludes halogenated alkanes) is 1. The van der Waals surface area contributed by atoms with E-state index in [0.717, 1.165) is 24.8 Å². The van der Waals surface area contributed by atoms with Crippen molar-refractivity contribution in [1.29, 1.82) is 0 Å². The molecule has 0 aromatic heterocycles. The molecule has 2 aliphatic rings. The summed E-state index contributed by atoms with van der Waals surface area (Å²) < 4.78 is 4.90. The van der Waals surface area contributed by atoms with Crippen molar-refractivity contribution in [1.82, 2.24) is 10.2 Å². The Morgan fingerprint density at radius 1 is 1.29 bits per heavy atom. The molecule has 1 saturated heterocycles. The molecule has 2 rings (SSSR count). The van der Waals surface area contributed by atoms with Crippen LogP contribution in [-0.2, 0) is 9.53 Å². The molecule has 0 aromatic carbocycles. The first-order chi connectivity index (χ1) is 10.1. The van der Waals surface area contributed by atoms with Gasteiger partial charge in [0.2, 0.25) is 0 Å². The van der Waals surface area contributed by atoms with Crippen LogP contribution in [0.2, 0.25) is 0 Å². The third-order valence-electron chi connectivity index (χ3n) is 5.67. The number of nitrogens with one attached hydrogen (secondary N) is 1. The van der Waals surface area contributed by atoms with Crippen molar-refractivity contribution >= 4 is 5.97 Å². The topological polar surface area (TPSA) is 41.6 Å². The Hall–Kier alpha value is -0.610. The summed E-state index contributed by atoms with van der Waals surface area (Å²) in [5, 5.41) is 3.12. The van der Waals surface area contributed by atoms with Gasteiger partial charge in [0.1, 0.15) is 5.54 Å². The molecule has 0 bridgehead atoms. The Bertz CT molecular complexity index is 348. The maximum absolute atomic E-state index is 11.8. The molecule has 0 spiro atoms. The second kappa shape index (κ2) is 7.59. The Morgan fingerprint density at radius 2 is 2.05 bits per heavy atom. The Labute approximate surface area is 129 Å². The van der Waals surface area contributed by atoms with E-state index in [1.807, 2.05) is 14.0 Å². The zero-order valence-electron chi connectivity index (χ0n) is 14.0. The summed E-state index contributed by atoms with van der Waals surface area (Å²) in [5.74, 6) is 0.815. The zero-order chi connectivity index (χ0) is 15.3. The van der Waals surface area contributed by atoms with Gasteiger partial charge in [-0.1, -0.05) is 6.42 Å². The lowest BCUT2D eigenvalue weighted by atomic mass is 9.91. The Kier molecular flexibility index (Phi) is 6.06. The van der Waals surface area contributed by atoms with Crippen LogP contribution < -0.4 is 5.32 Å². The number of carbonyl (C=O) groups is 1. The first kappa shape index (κ1) is 16.8. The van der Waals surface area contributed by atoms with Crippen LogP contribution in [0.5, 0.6) is 0 Å². The van der Waals surface area contributed by atoms with E-state index in [1.165, 1.54) is 58.7 Å². The van der Waals surface area contributed by atoms with Crippen LogP contribution >= 0.6 is 0 Å². The molecule has 0 amide bonds. The molecule has 1 aliphatic carbocycles. The number of methoxy groups -OCH3 is 1. The summed E-state index contributed by atoms with van der Waals surface area (Å²) in [6.07, 6.45) is 10.2. The standard InChI is InChI=1S/C17H32N2O2/c1-17(18-2,16(20)21-3)11-4-5-12-19-13-7-9-14-8-6-10-15(14)19/h14-15,18H,4-13H2,1-3H3. The van der Waals surface area contributed by atoms with Gasteiger partial charge < -0.3 is 15.0 Å². The maximum atomic E-state index is 11.8. The third kappa shape index (κ3) is 3.98. The van der Waals surface area contributed by atoms with Gasteiger partial charge in [-0.3, -0.25) is 4.79 Å². The minimum absolute atomic E-state index is 0.154. The SMILES string of the molecule is CNC(C)(CCCCN1CCCC2CCCC21)C(=O)OC. The number of esters is 1. The molecule has 122 valence electrons. The van der Waals surface area contributed by atoms with Crippen molar-refractivity contribution in [3.63, 3.8) is 0 Å². The molecule has 0 aromatic rings. The summed E-state index contributed by atoms with van der Waals surface area (Å²) in [4.78, 5) is 14.5. The average Bonchev–Trinajstić information content (AvgIpc) is 2.99. The van der Waals surface area contributed by atoms with Crippen molar-refractivity contribution in [3.05, 3.63) is 0 Å². The lowest BCUT2D eigenvalue weighted by Gasteiger charge is -2.38. The Morgan fingerprint density at radius 3 is 2.76 bits per heavy atom. The quantitative estimate of drug-likeness (QED) is 0.579. The van der Waals surface area contributed by atoms with Crippen molar-refractivity contribution in [2.75, 3.05) is 27.2 Å². The predicted octanol–water partition coefficient (Wildman–Crippen LogP) is 2.57. The van der Waals surface area contributed by atoms with E-state index in [9.17, 15) is 4.79 Å². The zero-order valence-corrected chi connectivity index (χ0v) is 14.0. The van der Waals surface area contributed by atoms with Crippen LogP contribution in [-0.4, -0.2) is 49.7 Å². The largest absolute Gasteiger partial charge is 0.468 e. The van der Waals surface area contributed by atoms with Crippen LogP contribution in [0.15, 0.2) is 0 Å². The van der Waals surface area contributed by atoms with Gasteiger partial charge in [-0.2, -0.15) is 0 Å². The molecular weight excluding hydrogens is 264 g/mol. The molecule has 21 heavy (non-hydrogen) atoms. The third-order valence-corrected chi connectivity index (χ3v) is 5.67. The van der Waals surface area contributed by atoms with Crippen LogP contribution in [0.3, 0.4) is 0 Å². The van der Waals surface area contributed by atoms with E-state index < -0.39 is 5.54 Å². The molecule has 3 unspecified atom stereocenters. The highest BCUT2D eigenvalue weighted by molar-refractivity contribution is 5.80. The van der Waals surface area contributed by atoms with E-state index in [1.54, 1.807) is 0 Å².